The first kappa shape index (κ1) is 17.6. The van der Waals surface area contributed by atoms with E-state index in [4.69, 9.17) is 4.98 Å². The van der Waals surface area contributed by atoms with Crippen molar-refractivity contribution in [3.05, 3.63) is 105 Å². The Morgan fingerprint density at radius 1 is 1.04 bits per heavy atom. The van der Waals surface area contributed by atoms with Gasteiger partial charge in [-0.2, -0.15) is 0 Å². The molecular formula is C22H21N3OS. The number of benzene rings is 2. The normalized spacial score (nSPS) is 11.6. The minimum atomic E-state index is -0.0156. The SMILES string of the molecule is Cc1csc2nc(CN(C)C(c3ccccc3)c3ccccc3)cc(=O)n12. The molecule has 2 aromatic heterocycles. The Labute approximate surface area is 162 Å². The number of hydrogen-bond acceptors (Lipinski definition) is 4. The van der Waals surface area contributed by atoms with Crippen LogP contribution in [0.4, 0.5) is 0 Å². The van der Waals surface area contributed by atoms with Crippen LogP contribution in [0.25, 0.3) is 4.96 Å². The second-order valence-electron chi connectivity index (χ2n) is 6.72. The zero-order valence-corrected chi connectivity index (χ0v) is 16.2. The molecule has 0 amide bonds. The van der Waals surface area contributed by atoms with Gasteiger partial charge in [0.25, 0.3) is 5.56 Å². The van der Waals surface area contributed by atoms with Crippen molar-refractivity contribution in [3.63, 3.8) is 0 Å². The number of thiazole rings is 1. The van der Waals surface area contributed by atoms with Crippen molar-refractivity contribution in [1.82, 2.24) is 14.3 Å². The van der Waals surface area contributed by atoms with E-state index >= 15 is 0 Å². The largest absolute Gasteiger partial charge is 0.290 e. The van der Waals surface area contributed by atoms with Crippen molar-refractivity contribution >= 4 is 16.3 Å². The molecule has 0 fully saturated rings. The van der Waals surface area contributed by atoms with Gasteiger partial charge < -0.3 is 0 Å². The molecule has 136 valence electrons. The second-order valence-corrected chi connectivity index (χ2v) is 7.56. The summed E-state index contributed by atoms with van der Waals surface area (Å²) in [4.78, 5) is 20.2. The molecule has 0 saturated carbocycles. The van der Waals surface area contributed by atoms with Crippen LogP contribution in [0.5, 0.6) is 0 Å². The van der Waals surface area contributed by atoms with Crippen LogP contribution in [0.15, 0.2) is 76.9 Å². The van der Waals surface area contributed by atoms with E-state index in [0.717, 1.165) is 16.3 Å². The van der Waals surface area contributed by atoms with Crippen LogP contribution in [0.2, 0.25) is 0 Å². The van der Waals surface area contributed by atoms with Gasteiger partial charge in [-0.25, -0.2) is 4.98 Å². The molecular weight excluding hydrogens is 354 g/mol. The van der Waals surface area contributed by atoms with Gasteiger partial charge in [-0.05, 0) is 25.1 Å². The first-order valence-corrected chi connectivity index (χ1v) is 9.78. The van der Waals surface area contributed by atoms with Gasteiger partial charge in [-0.1, -0.05) is 60.7 Å². The number of nitrogens with zero attached hydrogens (tertiary/aromatic N) is 3. The molecule has 0 aliphatic rings. The van der Waals surface area contributed by atoms with Gasteiger partial charge in [0, 0.05) is 23.7 Å². The van der Waals surface area contributed by atoms with E-state index in [2.05, 4.69) is 60.5 Å². The monoisotopic (exact) mass is 375 g/mol. The molecule has 0 aliphatic carbocycles. The molecule has 2 aromatic carbocycles. The molecule has 0 atom stereocenters. The molecule has 5 heteroatoms. The van der Waals surface area contributed by atoms with Crippen molar-refractivity contribution in [2.24, 2.45) is 0 Å². The number of rotatable bonds is 5. The van der Waals surface area contributed by atoms with Crippen LogP contribution < -0.4 is 5.56 Å². The third-order valence-corrected chi connectivity index (χ3v) is 5.66. The smallest absolute Gasteiger partial charge is 0.259 e. The van der Waals surface area contributed by atoms with E-state index in [1.165, 1.54) is 22.5 Å². The number of hydrogen-bond donors (Lipinski definition) is 0. The Kier molecular flexibility index (Phi) is 4.88. The highest BCUT2D eigenvalue weighted by atomic mass is 32.1. The van der Waals surface area contributed by atoms with E-state index in [1.807, 2.05) is 24.4 Å². The average molecular weight is 375 g/mol. The van der Waals surface area contributed by atoms with Crippen molar-refractivity contribution in [1.29, 1.82) is 0 Å². The summed E-state index contributed by atoms with van der Waals surface area (Å²) in [5, 5.41) is 1.97. The minimum Gasteiger partial charge on any atom is -0.290 e. The molecule has 4 rings (SSSR count). The Morgan fingerprint density at radius 2 is 1.63 bits per heavy atom. The molecule has 0 aliphatic heterocycles. The minimum absolute atomic E-state index is 0.0156. The Hall–Kier alpha value is -2.76. The van der Waals surface area contributed by atoms with Crippen LogP contribution >= 0.6 is 11.3 Å². The fraction of sp³-hybridized carbons (Fsp3) is 0.182. The van der Waals surface area contributed by atoms with E-state index in [-0.39, 0.29) is 11.6 Å². The van der Waals surface area contributed by atoms with Crippen molar-refractivity contribution in [2.75, 3.05) is 7.05 Å². The van der Waals surface area contributed by atoms with E-state index in [1.54, 1.807) is 10.5 Å². The highest BCUT2D eigenvalue weighted by Gasteiger charge is 2.20. The fourth-order valence-corrected chi connectivity index (χ4v) is 4.39. The van der Waals surface area contributed by atoms with Gasteiger partial charge in [0.15, 0.2) is 4.96 Å². The van der Waals surface area contributed by atoms with Gasteiger partial charge in [0.1, 0.15) is 0 Å². The molecule has 4 nitrogen and oxygen atoms in total. The standard InChI is InChI=1S/C22H21N3OS/c1-16-15-27-22-23-19(13-20(26)25(16)22)14-24(2)21(17-9-5-3-6-10-17)18-11-7-4-8-12-18/h3-13,15,21H,14H2,1-2H3. The maximum atomic E-state index is 12.5. The maximum Gasteiger partial charge on any atom is 0.259 e. The fourth-order valence-electron chi connectivity index (χ4n) is 3.50. The Bertz CT molecular complexity index is 1060. The van der Waals surface area contributed by atoms with Crippen LogP contribution in [-0.2, 0) is 6.54 Å². The van der Waals surface area contributed by atoms with E-state index in [0.29, 0.717) is 6.54 Å². The zero-order chi connectivity index (χ0) is 18.8. The lowest BCUT2D eigenvalue weighted by Gasteiger charge is -2.28. The average Bonchev–Trinajstić information content (AvgIpc) is 3.05. The molecule has 2 heterocycles. The van der Waals surface area contributed by atoms with Crippen molar-refractivity contribution in [2.45, 2.75) is 19.5 Å². The summed E-state index contributed by atoms with van der Waals surface area (Å²) in [6.07, 6.45) is 0. The van der Waals surface area contributed by atoms with Crippen LogP contribution in [0.1, 0.15) is 28.6 Å². The lowest BCUT2D eigenvalue weighted by atomic mass is 9.97. The topological polar surface area (TPSA) is 37.6 Å². The molecule has 4 aromatic rings. The first-order valence-electron chi connectivity index (χ1n) is 8.90. The maximum absolute atomic E-state index is 12.5. The first-order chi connectivity index (χ1) is 13.1. The summed E-state index contributed by atoms with van der Waals surface area (Å²) in [5.74, 6) is 0. The van der Waals surface area contributed by atoms with E-state index < -0.39 is 0 Å². The molecule has 0 bridgehead atoms. The highest BCUT2D eigenvalue weighted by molar-refractivity contribution is 7.15. The molecule has 0 unspecified atom stereocenters. The summed E-state index contributed by atoms with van der Waals surface area (Å²) >= 11 is 1.50. The quantitative estimate of drug-likeness (QED) is 0.522. The van der Waals surface area contributed by atoms with Crippen molar-refractivity contribution < 1.29 is 0 Å². The number of fused-ring (bicyclic) bond motifs is 1. The van der Waals surface area contributed by atoms with Crippen LogP contribution in [0, 0.1) is 6.92 Å². The highest BCUT2D eigenvalue weighted by Crippen LogP contribution is 2.28. The summed E-state index contributed by atoms with van der Waals surface area (Å²) in [7, 11) is 2.08. The molecule has 0 N–H and O–H groups in total. The summed E-state index contributed by atoms with van der Waals surface area (Å²) in [6, 6.07) is 22.6. The van der Waals surface area contributed by atoms with Crippen LogP contribution in [0.3, 0.4) is 0 Å². The van der Waals surface area contributed by atoms with Crippen molar-refractivity contribution in [3.8, 4) is 0 Å². The predicted octanol–water partition coefficient (Wildman–Crippen LogP) is 4.29. The lowest BCUT2D eigenvalue weighted by molar-refractivity contribution is 0.267. The van der Waals surface area contributed by atoms with Gasteiger partial charge in [0.2, 0.25) is 0 Å². The molecule has 0 radical (unpaired) electrons. The van der Waals surface area contributed by atoms with Gasteiger partial charge in [-0.3, -0.25) is 14.1 Å². The Balaban J connectivity index is 1.70. The summed E-state index contributed by atoms with van der Waals surface area (Å²) < 4.78 is 1.67. The zero-order valence-electron chi connectivity index (χ0n) is 15.4. The lowest BCUT2D eigenvalue weighted by Crippen LogP contribution is -2.27. The Morgan fingerprint density at radius 3 is 2.22 bits per heavy atom. The third-order valence-electron chi connectivity index (χ3n) is 4.71. The number of aromatic nitrogens is 2. The number of aryl methyl sites for hydroxylation is 1. The third kappa shape index (κ3) is 3.56. The van der Waals surface area contributed by atoms with Gasteiger partial charge in [0.05, 0.1) is 11.7 Å². The molecule has 0 spiro atoms. The summed E-state index contributed by atoms with van der Waals surface area (Å²) in [6.45, 7) is 2.52. The molecule has 0 saturated heterocycles. The van der Waals surface area contributed by atoms with Gasteiger partial charge >= 0.3 is 0 Å². The second kappa shape index (κ2) is 7.47. The van der Waals surface area contributed by atoms with Gasteiger partial charge in [-0.15, -0.1) is 11.3 Å². The molecule has 27 heavy (non-hydrogen) atoms. The summed E-state index contributed by atoms with van der Waals surface area (Å²) in [5.41, 5.74) is 4.14. The van der Waals surface area contributed by atoms with Crippen LogP contribution in [-0.4, -0.2) is 21.3 Å². The van der Waals surface area contributed by atoms with E-state index in [9.17, 15) is 4.79 Å². The predicted molar refractivity (Wildman–Crippen MR) is 110 cm³/mol.